The van der Waals surface area contributed by atoms with E-state index in [-0.39, 0.29) is 26.1 Å². The molecule has 23 heavy (non-hydrogen) atoms. The summed E-state index contributed by atoms with van der Waals surface area (Å²) < 4.78 is 38.9. The molecule has 0 aliphatic rings. The number of alkyl halides is 3. The highest BCUT2D eigenvalue weighted by Gasteiger charge is 2.32. The third-order valence-corrected chi connectivity index (χ3v) is 3.39. The van der Waals surface area contributed by atoms with E-state index in [0.717, 1.165) is 12.1 Å². The number of halogens is 3. The van der Waals surface area contributed by atoms with Gasteiger partial charge < -0.3 is 10.4 Å². The van der Waals surface area contributed by atoms with Crippen LogP contribution in [0.15, 0.2) is 53.3 Å². The number of rotatable bonds is 1. The predicted octanol–water partition coefficient (Wildman–Crippen LogP) is 2.56. The molecule has 0 spiro atoms. The maximum absolute atomic E-state index is 12.8. The zero-order valence-electron chi connectivity index (χ0n) is 11.4. The fourth-order valence-electron chi connectivity index (χ4n) is 2.32. The molecule has 3 aromatic rings. The first-order valence-electron chi connectivity index (χ1n) is 6.45. The highest BCUT2D eigenvalue weighted by atomic mass is 19.4. The summed E-state index contributed by atoms with van der Waals surface area (Å²) in [4.78, 5) is 12.2. The molecule has 1 aromatic heterocycles. The Balaban J connectivity index is 2.36. The Hall–Kier alpha value is -3.03. The van der Waals surface area contributed by atoms with Gasteiger partial charge in [-0.05, 0) is 24.3 Å². The molecule has 0 fully saturated rings. The quantitative estimate of drug-likeness (QED) is 0.425. The van der Waals surface area contributed by atoms with Gasteiger partial charge >= 0.3 is 11.7 Å². The van der Waals surface area contributed by atoms with Gasteiger partial charge in [0.25, 0.3) is 5.69 Å². The van der Waals surface area contributed by atoms with E-state index in [0.29, 0.717) is 6.07 Å². The second-order valence-corrected chi connectivity index (χ2v) is 4.83. The number of hydrogen-bond donors (Lipinski definition) is 1. The normalized spacial score (nSPS) is 11.8. The van der Waals surface area contributed by atoms with Gasteiger partial charge in [0.1, 0.15) is 0 Å². The van der Waals surface area contributed by atoms with Crippen molar-refractivity contribution in [3.63, 3.8) is 0 Å². The van der Waals surface area contributed by atoms with Crippen molar-refractivity contribution >= 4 is 11.0 Å². The largest absolute Gasteiger partial charge is 0.618 e. The third-order valence-electron chi connectivity index (χ3n) is 3.39. The van der Waals surface area contributed by atoms with Gasteiger partial charge in [-0.2, -0.15) is 17.9 Å². The maximum Gasteiger partial charge on any atom is 0.416 e. The SMILES string of the molecule is O=c1c(-c2cccc(C(F)(F)F)c2)[n+]([O-])c2ccccc2n1O. The molecule has 8 heteroatoms. The second kappa shape index (κ2) is 5.01. The first-order chi connectivity index (χ1) is 10.8. The number of benzene rings is 2. The number of aromatic nitrogens is 2. The lowest BCUT2D eigenvalue weighted by molar-refractivity contribution is -0.566. The molecular formula is C15H9F3N2O3. The molecule has 1 N–H and O–H groups in total. The number of fused-ring (bicyclic) bond motifs is 1. The van der Waals surface area contributed by atoms with E-state index >= 15 is 0 Å². The Morgan fingerprint density at radius 3 is 2.48 bits per heavy atom. The van der Waals surface area contributed by atoms with Crippen LogP contribution in [0, 0.1) is 5.21 Å². The van der Waals surface area contributed by atoms with Crippen LogP contribution in [0.25, 0.3) is 22.3 Å². The lowest BCUT2D eigenvalue weighted by Crippen LogP contribution is -2.40. The Morgan fingerprint density at radius 1 is 1.09 bits per heavy atom. The minimum Gasteiger partial charge on any atom is -0.618 e. The Labute approximate surface area is 127 Å². The summed E-state index contributed by atoms with van der Waals surface area (Å²) in [6.07, 6.45) is -4.61. The minimum absolute atomic E-state index is 0.0387. The van der Waals surface area contributed by atoms with Gasteiger partial charge in [0.2, 0.25) is 5.52 Å². The van der Waals surface area contributed by atoms with Crippen molar-refractivity contribution in [3.05, 3.63) is 69.7 Å². The van der Waals surface area contributed by atoms with E-state index in [4.69, 9.17) is 0 Å². The first-order valence-corrected chi connectivity index (χ1v) is 6.45. The van der Waals surface area contributed by atoms with Gasteiger partial charge in [-0.3, -0.25) is 4.79 Å². The molecule has 1 heterocycles. The zero-order chi connectivity index (χ0) is 16.8. The molecule has 0 radical (unpaired) electrons. The summed E-state index contributed by atoms with van der Waals surface area (Å²) in [5.74, 6) is 0. The van der Waals surface area contributed by atoms with Crippen LogP contribution in [0.1, 0.15) is 5.56 Å². The average molecular weight is 322 g/mol. The summed E-state index contributed by atoms with van der Waals surface area (Å²) in [6.45, 7) is 0. The molecule has 0 bridgehead atoms. The predicted molar refractivity (Wildman–Crippen MR) is 74.8 cm³/mol. The molecule has 0 amide bonds. The van der Waals surface area contributed by atoms with Crippen molar-refractivity contribution < 1.29 is 23.1 Å². The summed E-state index contributed by atoms with van der Waals surface area (Å²) in [5.41, 5.74) is -2.99. The molecule has 2 aromatic carbocycles. The molecular weight excluding hydrogens is 313 g/mol. The molecule has 0 saturated carbocycles. The van der Waals surface area contributed by atoms with Gasteiger partial charge in [-0.25, -0.2) is 0 Å². The number of nitrogens with zero attached hydrogens (tertiary/aromatic N) is 2. The van der Waals surface area contributed by atoms with Crippen molar-refractivity contribution in [1.82, 2.24) is 4.73 Å². The van der Waals surface area contributed by atoms with Gasteiger partial charge in [-0.1, -0.05) is 18.2 Å². The van der Waals surface area contributed by atoms with E-state index in [2.05, 4.69) is 0 Å². The fourth-order valence-corrected chi connectivity index (χ4v) is 2.32. The fraction of sp³-hybridized carbons (Fsp3) is 0.0667. The van der Waals surface area contributed by atoms with Crippen molar-refractivity contribution in [2.24, 2.45) is 0 Å². The molecule has 5 nitrogen and oxygen atoms in total. The highest BCUT2D eigenvalue weighted by molar-refractivity contribution is 5.73. The molecule has 0 aliphatic heterocycles. The van der Waals surface area contributed by atoms with E-state index in [9.17, 15) is 28.4 Å². The molecule has 118 valence electrons. The van der Waals surface area contributed by atoms with Crippen LogP contribution in [-0.2, 0) is 6.18 Å². The van der Waals surface area contributed by atoms with Gasteiger partial charge in [0.05, 0.1) is 11.1 Å². The zero-order valence-corrected chi connectivity index (χ0v) is 11.4. The molecule has 3 rings (SSSR count). The first kappa shape index (κ1) is 14.9. The third kappa shape index (κ3) is 2.37. The van der Waals surface area contributed by atoms with Gasteiger partial charge in [0.15, 0.2) is 5.52 Å². The summed E-state index contributed by atoms with van der Waals surface area (Å²) in [6, 6.07) is 9.54. The Kier molecular flexibility index (Phi) is 3.24. The smallest absolute Gasteiger partial charge is 0.416 e. The monoisotopic (exact) mass is 322 g/mol. The standard InChI is InChI=1S/C15H9F3N2O3/c16-15(17,18)10-5-3-4-9(8-10)13-14(21)20(23)12-7-2-1-6-11(12)19(13)22/h1-8,23H. The van der Waals surface area contributed by atoms with E-state index in [1.165, 1.54) is 30.3 Å². The van der Waals surface area contributed by atoms with Gasteiger partial charge in [-0.15, -0.1) is 4.73 Å². The van der Waals surface area contributed by atoms with Gasteiger partial charge in [0, 0.05) is 6.07 Å². The van der Waals surface area contributed by atoms with Crippen molar-refractivity contribution in [2.75, 3.05) is 0 Å². The van der Waals surface area contributed by atoms with E-state index in [1.807, 2.05) is 0 Å². The molecule has 0 aliphatic carbocycles. The van der Waals surface area contributed by atoms with E-state index in [1.54, 1.807) is 0 Å². The average Bonchev–Trinajstić information content (AvgIpc) is 2.52. The van der Waals surface area contributed by atoms with Crippen LogP contribution in [0.4, 0.5) is 13.2 Å². The van der Waals surface area contributed by atoms with Crippen LogP contribution in [0.2, 0.25) is 0 Å². The van der Waals surface area contributed by atoms with Crippen LogP contribution in [0.3, 0.4) is 0 Å². The van der Waals surface area contributed by atoms with Crippen LogP contribution >= 0.6 is 0 Å². The van der Waals surface area contributed by atoms with Crippen molar-refractivity contribution in [2.45, 2.75) is 6.18 Å². The Bertz CT molecular complexity index is 964. The number of para-hydroxylation sites is 2. The van der Waals surface area contributed by atoms with Crippen molar-refractivity contribution in [1.29, 1.82) is 0 Å². The Morgan fingerprint density at radius 2 is 1.78 bits per heavy atom. The summed E-state index contributed by atoms with van der Waals surface area (Å²) in [7, 11) is 0. The van der Waals surface area contributed by atoms with E-state index < -0.39 is 23.0 Å². The topological polar surface area (TPSA) is 69.2 Å². The van der Waals surface area contributed by atoms with Crippen molar-refractivity contribution in [3.8, 4) is 11.3 Å². The number of hydrogen-bond acceptors (Lipinski definition) is 3. The maximum atomic E-state index is 12.8. The van der Waals surface area contributed by atoms with Crippen LogP contribution in [0.5, 0.6) is 0 Å². The molecule has 0 saturated heterocycles. The highest BCUT2D eigenvalue weighted by Crippen LogP contribution is 2.31. The molecule has 0 unspecified atom stereocenters. The van der Waals surface area contributed by atoms with Crippen LogP contribution < -0.4 is 10.3 Å². The lowest BCUT2D eigenvalue weighted by atomic mass is 10.1. The lowest BCUT2D eigenvalue weighted by Gasteiger charge is -2.11. The molecule has 0 atom stereocenters. The minimum atomic E-state index is -4.61. The second-order valence-electron chi connectivity index (χ2n) is 4.83. The summed E-state index contributed by atoms with van der Waals surface area (Å²) >= 11 is 0. The van der Waals surface area contributed by atoms with Crippen LogP contribution in [-0.4, -0.2) is 9.94 Å². The summed E-state index contributed by atoms with van der Waals surface area (Å²) in [5, 5.41) is 22.3.